The minimum atomic E-state index is -1.40. The van der Waals surface area contributed by atoms with E-state index in [1.165, 1.54) is 24.7 Å². The van der Waals surface area contributed by atoms with Crippen LogP contribution in [0.4, 0.5) is 4.39 Å². The summed E-state index contributed by atoms with van der Waals surface area (Å²) in [6.45, 7) is 0. The van der Waals surface area contributed by atoms with Gasteiger partial charge in [0.2, 0.25) is 5.88 Å². The maximum absolute atomic E-state index is 14.2. The van der Waals surface area contributed by atoms with E-state index in [1.54, 1.807) is 0 Å². The highest BCUT2D eigenvalue weighted by Crippen LogP contribution is 2.32. The molecule has 2 heterocycles. The van der Waals surface area contributed by atoms with Crippen LogP contribution in [-0.2, 0) is 9.45 Å². The molecule has 0 bridgehead atoms. The number of aliphatic carboxylic acids is 1. The van der Waals surface area contributed by atoms with Crippen molar-refractivity contribution in [1.82, 2.24) is 9.97 Å². The van der Waals surface area contributed by atoms with Crippen LogP contribution < -0.4 is 10.2 Å². The van der Waals surface area contributed by atoms with Gasteiger partial charge >= 0.3 is 13.1 Å². The zero-order valence-corrected chi connectivity index (χ0v) is 11.1. The first-order chi connectivity index (χ1) is 10.5. The van der Waals surface area contributed by atoms with Crippen molar-refractivity contribution in [1.29, 1.82) is 0 Å². The molecule has 1 unspecified atom stereocenters. The lowest BCUT2D eigenvalue weighted by atomic mass is 9.79. The van der Waals surface area contributed by atoms with Gasteiger partial charge in [0.15, 0.2) is 0 Å². The van der Waals surface area contributed by atoms with Crippen molar-refractivity contribution < 1.29 is 28.7 Å². The normalized spacial score (nSPS) is 16.5. The predicted molar refractivity (Wildman–Crippen MR) is 72.2 cm³/mol. The van der Waals surface area contributed by atoms with E-state index in [1.807, 2.05) is 0 Å². The first kappa shape index (κ1) is 14.4. The Labute approximate surface area is 124 Å². The number of carboxylic acids is 1. The minimum Gasteiger partial charge on any atom is -0.481 e. The molecule has 7 nitrogen and oxygen atoms in total. The average Bonchev–Trinajstić information content (AvgIpc) is 2.76. The Morgan fingerprint density at radius 2 is 2.27 bits per heavy atom. The molecule has 0 aliphatic carbocycles. The molecule has 1 aromatic carbocycles. The number of rotatable bonds is 4. The molecule has 1 aromatic heterocycles. The highest BCUT2D eigenvalue weighted by molar-refractivity contribution is 6.61. The van der Waals surface area contributed by atoms with E-state index < -0.39 is 31.4 Å². The Morgan fingerprint density at radius 3 is 2.95 bits per heavy atom. The summed E-state index contributed by atoms with van der Waals surface area (Å²) in [4.78, 5) is 18.5. The fraction of sp³-hybridized carbons (Fsp3) is 0.154. The molecule has 1 aliphatic heterocycles. The number of benzene rings is 1. The number of ether oxygens (including phenoxy) is 1. The van der Waals surface area contributed by atoms with Crippen LogP contribution in [0.1, 0.15) is 18.1 Å². The van der Waals surface area contributed by atoms with Crippen molar-refractivity contribution in [3.8, 4) is 11.6 Å². The number of carbonyl (C=O) groups is 1. The molecule has 0 amide bonds. The summed E-state index contributed by atoms with van der Waals surface area (Å²) in [5.74, 6) is -1.59. The van der Waals surface area contributed by atoms with Gasteiger partial charge < -0.3 is 19.5 Å². The number of carboxylic acid groups (broad SMARTS) is 1. The molecule has 9 heteroatoms. The van der Waals surface area contributed by atoms with Gasteiger partial charge in [-0.25, -0.2) is 9.37 Å². The van der Waals surface area contributed by atoms with Crippen molar-refractivity contribution in [3.63, 3.8) is 0 Å². The topological polar surface area (TPSA) is 102 Å². The summed E-state index contributed by atoms with van der Waals surface area (Å²) in [6.07, 6.45) is 2.76. The van der Waals surface area contributed by atoms with Crippen molar-refractivity contribution in [3.05, 3.63) is 42.1 Å². The van der Waals surface area contributed by atoms with E-state index in [0.29, 0.717) is 0 Å². The summed E-state index contributed by atoms with van der Waals surface area (Å²) in [5.41, 5.74) is 0.173. The molecular formula is C13H10BFN2O5. The molecule has 1 aliphatic rings. The molecule has 112 valence electrons. The number of halogens is 1. The third-order valence-electron chi connectivity index (χ3n) is 3.14. The fourth-order valence-electron chi connectivity index (χ4n) is 2.28. The van der Waals surface area contributed by atoms with Crippen LogP contribution in [-0.4, -0.2) is 33.2 Å². The van der Waals surface area contributed by atoms with Gasteiger partial charge in [0.25, 0.3) is 0 Å². The standard InChI is InChI=1S/C13H10BFN2O5/c15-9-4-7(21-11-6-16-1-2-17-11)3-8-13(9)10(5-12(18)19)22-14(8)20/h1-4,6,10,20H,5H2,(H,18,19). The highest BCUT2D eigenvalue weighted by Gasteiger charge is 2.39. The van der Waals surface area contributed by atoms with Crippen LogP contribution in [0.3, 0.4) is 0 Å². The zero-order valence-electron chi connectivity index (χ0n) is 11.1. The summed E-state index contributed by atoms with van der Waals surface area (Å²) >= 11 is 0. The lowest BCUT2D eigenvalue weighted by Gasteiger charge is -2.11. The number of fused-ring (bicyclic) bond motifs is 1. The van der Waals surface area contributed by atoms with Crippen LogP contribution in [0.15, 0.2) is 30.7 Å². The van der Waals surface area contributed by atoms with Gasteiger partial charge in [-0.05, 0) is 11.5 Å². The first-order valence-corrected chi connectivity index (χ1v) is 6.37. The Hall–Kier alpha value is -2.52. The quantitative estimate of drug-likeness (QED) is 0.799. The third-order valence-corrected chi connectivity index (χ3v) is 3.14. The van der Waals surface area contributed by atoms with Crippen molar-refractivity contribution >= 4 is 18.6 Å². The van der Waals surface area contributed by atoms with E-state index >= 15 is 0 Å². The van der Waals surface area contributed by atoms with Gasteiger partial charge in [-0.15, -0.1) is 0 Å². The van der Waals surface area contributed by atoms with Crippen LogP contribution in [0, 0.1) is 5.82 Å². The molecular weight excluding hydrogens is 294 g/mol. The second-order valence-electron chi connectivity index (χ2n) is 4.63. The average molecular weight is 304 g/mol. The van der Waals surface area contributed by atoms with Crippen LogP contribution in [0.5, 0.6) is 11.6 Å². The summed E-state index contributed by atoms with van der Waals surface area (Å²) in [6, 6.07) is 2.48. The van der Waals surface area contributed by atoms with E-state index in [2.05, 4.69) is 9.97 Å². The summed E-state index contributed by atoms with van der Waals surface area (Å²) < 4.78 is 24.7. The highest BCUT2D eigenvalue weighted by atomic mass is 19.1. The minimum absolute atomic E-state index is 0.0291. The Morgan fingerprint density at radius 1 is 1.45 bits per heavy atom. The molecule has 0 saturated carbocycles. The van der Waals surface area contributed by atoms with Gasteiger partial charge in [-0.3, -0.25) is 9.78 Å². The number of aromatic nitrogens is 2. The molecule has 2 aromatic rings. The molecule has 2 N–H and O–H groups in total. The van der Waals surface area contributed by atoms with E-state index in [0.717, 1.165) is 6.07 Å². The van der Waals surface area contributed by atoms with E-state index in [-0.39, 0.29) is 22.7 Å². The molecule has 3 rings (SSSR count). The Balaban J connectivity index is 1.93. The monoisotopic (exact) mass is 304 g/mol. The largest absolute Gasteiger partial charge is 0.492 e. The first-order valence-electron chi connectivity index (χ1n) is 6.37. The third kappa shape index (κ3) is 2.76. The maximum atomic E-state index is 14.2. The Bertz CT molecular complexity index is 715. The fourth-order valence-corrected chi connectivity index (χ4v) is 2.28. The Kier molecular flexibility index (Phi) is 3.74. The van der Waals surface area contributed by atoms with Crippen LogP contribution >= 0.6 is 0 Å². The summed E-state index contributed by atoms with van der Waals surface area (Å²) in [5, 5.41) is 18.6. The lowest BCUT2D eigenvalue weighted by Crippen LogP contribution is -2.28. The lowest BCUT2D eigenvalue weighted by molar-refractivity contribution is -0.138. The second-order valence-corrected chi connectivity index (χ2v) is 4.63. The van der Waals surface area contributed by atoms with E-state index in [9.17, 15) is 14.2 Å². The predicted octanol–water partition coefficient (Wildman–Crippen LogP) is 0.641. The summed E-state index contributed by atoms with van der Waals surface area (Å²) in [7, 11) is -1.40. The number of hydrogen-bond acceptors (Lipinski definition) is 6. The zero-order chi connectivity index (χ0) is 15.7. The van der Waals surface area contributed by atoms with E-state index in [4.69, 9.17) is 14.5 Å². The smallest absolute Gasteiger partial charge is 0.481 e. The second kappa shape index (κ2) is 5.70. The molecule has 0 fully saturated rings. The number of nitrogens with zero attached hydrogens (tertiary/aromatic N) is 2. The van der Waals surface area contributed by atoms with Crippen molar-refractivity contribution in [2.45, 2.75) is 12.5 Å². The molecule has 1 atom stereocenters. The van der Waals surface area contributed by atoms with Crippen LogP contribution in [0.2, 0.25) is 0 Å². The van der Waals surface area contributed by atoms with Crippen molar-refractivity contribution in [2.24, 2.45) is 0 Å². The van der Waals surface area contributed by atoms with Gasteiger partial charge in [-0.1, -0.05) is 0 Å². The van der Waals surface area contributed by atoms with Gasteiger partial charge in [0, 0.05) is 24.0 Å². The molecule has 22 heavy (non-hydrogen) atoms. The molecule has 0 spiro atoms. The van der Waals surface area contributed by atoms with Crippen molar-refractivity contribution in [2.75, 3.05) is 0 Å². The van der Waals surface area contributed by atoms with Gasteiger partial charge in [0.1, 0.15) is 11.6 Å². The molecule has 0 radical (unpaired) electrons. The maximum Gasteiger partial charge on any atom is 0.492 e. The van der Waals surface area contributed by atoms with Gasteiger partial charge in [-0.2, -0.15) is 0 Å². The molecule has 0 saturated heterocycles. The number of hydrogen-bond donors (Lipinski definition) is 2. The van der Waals surface area contributed by atoms with Gasteiger partial charge in [0.05, 0.1) is 18.7 Å². The SMILES string of the molecule is O=C(O)CC1OB(O)c2cc(Oc3cnccn3)cc(F)c21. The van der Waals surface area contributed by atoms with Crippen LogP contribution in [0.25, 0.3) is 0 Å².